The van der Waals surface area contributed by atoms with Crippen LogP contribution in [0.3, 0.4) is 0 Å². The van der Waals surface area contributed by atoms with Crippen molar-refractivity contribution in [1.82, 2.24) is 0 Å². The molecule has 0 aromatic heterocycles. The number of carbonyl (C=O) groups excluding carboxylic acids is 1. The summed E-state index contributed by atoms with van der Waals surface area (Å²) in [4.78, 5) is 41.9. The molecular weight excluding hydrogens is 560 g/mol. The zero-order valence-corrected chi connectivity index (χ0v) is 26.0. The fourth-order valence-corrected chi connectivity index (χ4v) is 7.11. The molecule has 1 unspecified atom stereocenters. The SMILES string of the molecule is CCCNc1c2c3c4c(c(OC)c(O)c5c(=O)cc(OC)c(c6c(OC)cc(NCCC)c(c1=O)c63)c54)C(C(C)=O)C(C)=C2. The van der Waals surface area contributed by atoms with Crippen LogP contribution in [0, 0.1) is 0 Å². The smallest absolute Gasteiger partial charge is 0.212 e. The molecule has 5 aromatic rings. The quantitative estimate of drug-likeness (QED) is 0.125. The Balaban J connectivity index is 2.12. The second kappa shape index (κ2) is 10.7. The lowest BCUT2D eigenvalue weighted by molar-refractivity contribution is -0.117. The van der Waals surface area contributed by atoms with Crippen molar-refractivity contribution in [2.45, 2.75) is 46.5 Å². The van der Waals surface area contributed by atoms with E-state index in [0.717, 1.165) is 12.8 Å². The summed E-state index contributed by atoms with van der Waals surface area (Å²) in [5.41, 5.74) is 2.12. The Kier molecular flexibility index (Phi) is 7.14. The van der Waals surface area contributed by atoms with E-state index in [9.17, 15) is 19.5 Å². The third-order valence-corrected chi connectivity index (χ3v) is 8.79. The number of nitrogens with one attached hydrogen (secondary N) is 2. The summed E-state index contributed by atoms with van der Waals surface area (Å²) < 4.78 is 17.6. The predicted molar refractivity (Wildman–Crippen MR) is 177 cm³/mol. The number of anilines is 2. The summed E-state index contributed by atoms with van der Waals surface area (Å²) in [5.74, 6) is -0.534. The topological polar surface area (TPSA) is 123 Å². The van der Waals surface area contributed by atoms with Crippen LogP contribution in [0.25, 0.3) is 49.2 Å². The number of Topliss-reactive ketones (excluding diaryl/α,β-unsaturated/α-hetero) is 1. The fourth-order valence-electron chi connectivity index (χ4n) is 7.11. The maximum absolute atomic E-state index is 14.7. The monoisotopic (exact) mass is 596 g/mol. The minimum Gasteiger partial charge on any atom is -0.504 e. The first-order valence-corrected chi connectivity index (χ1v) is 14.9. The minimum atomic E-state index is -0.814. The molecule has 44 heavy (non-hydrogen) atoms. The number of phenolic OH excluding ortho intramolecular Hbond substituents is 1. The second-order valence-corrected chi connectivity index (χ2v) is 11.4. The largest absolute Gasteiger partial charge is 0.504 e. The van der Waals surface area contributed by atoms with Crippen LogP contribution in [0.2, 0.25) is 0 Å². The van der Waals surface area contributed by atoms with Crippen molar-refractivity contribution < 1.29 is 24.1 Å². The molecule has 0 fully saturated rings. The molecule has 0 saturated carbocycles. The summed E-state index contributed by atoms with van der Waals surface area (Å²) in [6, 6.07) is 3.15. The molecule has 5 aromatic carbocycles. The highest BCUT2D eigenvalue weighted by Gasteiger charge is 2.37. The van der Waals surface area contributed by atoms with Crippen molar-refractivity contribution >= 4 is 66.3 Å². The highest BCUT2D eigenvalue weighted by molar-refractivity contribution is 6.40. The van der Waals surface area contributed by atoms with Gasteiger partial charge in [-0.2, -0.15) is 0 Å². The van der Waals surface area contributed by atoms with E-state index >= 15 is 0 Å². The molecule has 0 saturated heterocycles. The van der Waals surface area contributed by atoms with Crippen molar-refractivity contribution in [2.24, 2.45) is 0 Å². The first kappa shape index (κ1) is 29.3. The van der Waals surface area contributed by atoms with Crippen LogP contribution in [0.5, 0.6) is 23.0 Å². The fraction of sp³-hybridized carbons (Fsp3) is 0.343. The Morgan fingerprint density at radius 3 is 2.02 bits per heavy atom. The molecule has 3 N–H and O–H groups in total. The Hall–Kier alpha value is -4.79. The Labute approximate surface area is 254 Å². The molecule has 228 valence electrons. The molecule has 9 nitrogen and oxygen atoms in total. The van der Waals surface area contributed by atoms with E-state index in [0.29, 0.717) is 84.6 Å². The number of allylic oxidation sites excluding steroid dienone is 1. The molecule has 6 rings (SSSR count). The summed E-state index contributed by atoms with van der Waals surface area (Å²) in [6.45, 7) is 8.58. The first-order valence-electron chi connectivity index (χ1n) is 14.9. The van der Waals surface area contributed by atoms with Gasteiger partial charge in [-0.1, -0.05) is 25.5 Å². The first-order chi connectivity index (χ1) is 21.2. The van der Waals surface area contributed by atoms with E-state index in [2.05, 4.69) is 10.6 Å². The van der Waals surface area contributed by atoms with Gasteiger partial charge in [0, 0.05) is 69.0 Å². The molecule has 1 atom stereocenters. The number of carbonyl (C=O) groups is 1. The number of phenols is 1. The Morgan fingerprint density at radius 1 is 0.818 bits per heavy atom. The van der Waals surface area contributed by atoms with Crippen LogP contribution in [0.15, 0.2) is 27.3 Å². The number of ether oxygens (including phenoxy) is 3. The number of aromatic hydroxyl groups is 1. The number of benzene rings is 5. The van der Waals surface area contributed by atoms with Gasteiger partial charge in [-0.15, -0.1) is 0 Å². The van der Waals surface area contributed by atoms with Crippen molar-refractivity contribution in [3.63, 3.8) is 0 Å². The summed E-state index contributed by atoms with van der Waals surface area (Å²) in [5, 5.41) is 22.4. The van der Waals surface area contributed by atoms with Gasteiger partial charge in [-0.25, -0.2) is 0 Å². The third-order valence-electron chi connectivity index (χ3n) is 8.79. The average molecular weight is 597 g/mol. The molecule has 0 aliphatic heterocycles. The van der Waals surface area contributed by atoms with E-state index in [1.54, 1.807) is 7.11 Å². The number of hydrogen-bond acceptors (Lipinski definition) is 9. The zero-order valence-electron chi connectivity index (χ0n) is 26.0. The van der Waals surface area contributed by atoms with Crippen LogP contribution < -0.4 is 35.7 Å². The van der Waals surface area contributed by atoms with Crippen molar-refractivity contribution in [3.05, 3.63) is 49.3 Å². The summed E-state index contributed by atoms with van der Waals surface area (Å²) in [6.07, 6.45) is 3.49. The highest BCUT2D eigenvalue weighted by atomic mass is 16.5. The van der Waals surface area contributed by atoms with E-state index in [4.69, 9.17) is 14.2 Å². The summed E-state index contributed by atoms with van der Waals surface area (Å²) in [7, 11) is 4.45. The van der Waals surface area contributed by atoms with Gasteiger partial charge in [0.25, 0.3) is 0 Å². The highest BCUT2D eigenvalue weighted by Crippen LogP contribution is 2.57. The van der Waals surface area contributed by atoms with Crippen LogP contribution in [-0.4, -0.2) is 45.3 Å². The lowest BCUT2D eigenvalue weighted by atomic mass is 9.80. The van der Waals surface area contributed by atoms with Crippen molar-refractivity contribution in [1.29, 1.82) is 0 Å². The van der Waals surface area contributed by atoms with Crippen LogP contribution >= 0.6 is 0 Å². The Morgan fingerprint density at radius 2 is 1.43 bits per heavy atom. The van der Waals surface area contributed by atoms with Gasteiger partial charge in [0.1, 0.15) is 17.3 Å². The molecule has 1 aliphatic rings. The maximum Gasteiger partial charge on any atom is 0.212 e. The van der Waals surface area contributed by atoms with Gasteiger partial charge in [0.05, 0.1) is 43.7 Å². The van der Waals surface area contributed by atoms with E-state index in [-0.39, 0.29) is 33.8 Å². The summed E-state index contributed by atoms with van der Waals surface area (Å²) >= 11 is 0. The molecule has 1 aliphatic carbocycles. The molecule has 0 spiro atoms. The van der Waals surface area contributed by atoms with Crippen molar-refractivity contribution in [2.75, 3.05) is 45.1 Å². The molecular formula is C35H36N2O7. The Bertz CT molecular complexity index is 2150. The number of rotatable bonds is 10. The second-order valence-electron chi connectivity index (χ2n) is 11.4. The van der Waals surface area contributed by atoms with Crippen LogP contribution in [0.4, 0.5) is 11.4 Å². The number of fused-ring (bicyclic) bond motifs is 1. The van der Waals surface area contributed by atoms with Gasteiger partial charge in [0.15, 0.2) is 16.9 Å². The maximum atomic E-state index is 14.7. The third kappa shape index (κ3) is 3.81. The minimum absolute atomic E-state index is 0.0486. The molecule has 0 amide bonds. The zero-order chi connectivity index (χ0) is 31.6. The van der Waals surface area contributed by atoms with Gasteiger partial charge in [-0.05, 0) is 32.1 Å². The van der Waals surface area contributed by atoms with Gasteiger partial charge < -0.3 is 30.0 Å². The number of hydrogen-bond donors (Lipinski definition) is 3. The van der Waals surface area contributed by atoms with Crippen LogP contribution in [0.1, 0.15) is 57.6 Å². The molecule has 0 radical (unpaired) electrons. The lowest BCUT2D eigenvalue weighted by Crippen LogP contribution is -2.17. The number of methoxy groups -OCH3 is 3. The molecule has 9 heteroatoms. The van der Waals surface area contributed by atoms with Crippen LogP contribution in [-0.2, 0) is 4.79 Å². The standard InChI is InChI=1S/C35H36N2O7/c1-8-10-36-18-13-20(42-5)26-27-21(43-6)14-19(39)25-30(27)29-23-17(32(37-11-9-2)33(40)24(18)28(23)26)12-15(3)22(16(4)38)31(29)35(44-7)34(25)41/h12-14,22,36-37,41H,8-11H2,1-7H3. The van der Waals surface area contributed by atoms with Gasteiger partial charge >= 0.3 is 0 Å². The average Bonchev–Trinajstić information content (AvgIpc) is 3.13. The molecule has 0 bridgehead atoms. The van der Waals surface area contributed by atoms with Crippen molar-refractivity contribution in [3.8, 4) is 23.0 Å². The lowest BCUT2D eigenvalue weighted by Gasteiger charge is -2.26. The van der Waals surface area contributed by atoms with E-state index < -0.39 is 11.3 Å². The molecule has 0 heterocycles. The van der Waals surface area contributed by atoms with E-state index in [1.807, 2.05) is 32.9 Å². The predicted octanol–water partition coefficient (Wildman–Crippen LogP) is 6.36. The van der Waals surface area contributed by atoms with E-state index in [1.165, 1.54) is 27.2 Å². The normalized spacial score (nSPS) is 14.4. The van der Waals surface area contributed by atoms with Gasteiger partial charge in [-0.3, -0.25) is 14.4 Å². The van der Waals surface area contributed by atoms with Gasteiger partial charge in [0.2, 0.25) is 5.43 Å². The number of ketones is 1.